The van der Waals surface area contributed by atoms with Gasteiger partial charge in [-0.15, -0.1) is 0 Å². The topological polar surface area (TPSA) is 229 Å². The molecular weight excluding hydrogens is 716 g/mol. The van der Waals surface area contributed by atoms with Gasteiger partial charge in [0, 0.05) is 25.1 Å². The van der Waals surface area contributed by atoms with Gasteiger partial charge in [0.15, 0.2) is 23.0 Å². The van der Waals surface area contributed by atoms with Crippen molar-refractivity contribution in [2.24, 2.45) is 10.2 Å². The average molecular weight is 749 g/mol. The number of hydrogen-bond acceptors (Lipinski definition) is 15. The lowest BCUT2D eigenvalue weighted by Gasteiger charge is -2.13. The number of methoxy groups -OCH3 is 4. The molecule has 3 rings (SSSR count). The lowest BCUT2D eigenvalue weighted by atomic mass is 10.1. The van der Waals surface area contributed by atoms with Gasteiger partial charge in [-0.2, -0.15) is 10.2 Å². The van der Waals surface area contributed by atoms with Crippen LogP contribution in [0.2, 0.25) is 5.02 Å². The highest BCUT2D eigenvalue weighted by molar-refractivity contribution is 6.68. The van der Waals surface area contributed by atoms with E-state index < -0.39 is 52.7 Å². The highest BCUT2D eigenvalue weighted by atomic mass is 35.5. The van der Waals surface area contributed by atoms with E-state index in [-0.39, 0.29) is 50.2 Å². The van der Waals surface area contributed by atoms with E-state index in [1.54, 1.807) is 6.07 Å². The number of nitrogens with zero attached hydrogens (tertiary/aromatic N) is 2. The number of amides is 2. The predicted octanol–water partition coefficient (Wildman–Crippen LogP) is 4.31. The fourth-order valence-corrected chi connectivity index (χ4v) is 4.49. The molecule has 3 aromatic carbocycles. The molecule has 276 valence electrons. The van der Waals surface area contributed by atoms with E-state index in [1.165, 1.54) is 62.8 Å². The summed E-state index contributed by atoms with van der Waals surface area (Å²) in [6, 6.07) is 12.1. The van der Waals surface area contributed by atoms with Crippen molar-refractivity contribution in [3.8, 4) is 0 Å². The minimum absolute atomic E-state index is 0.0141. The first-order chi connectivity index (χ1) is 25.1. The molecular formula is C35H33ClN6O11. The van der Waals surface area contributed by atoms with Gasteiger partial charge in [0.05, 0.1) is 67.2 Å². The van der Waals surface area contributed by atoms with Crippen molar-refractivity contribution in [1.29, 1.82) is 0 Å². The number of halogens is 1. The van der Waals surface area contributed by atoms with Crippen LogP contribution in [0.25, 0.3) is 5.76 Å². The molecule has 0 heterocycles. The zero-order chi connectivity index (χ0) is 39.4. The van der Waals surface area contributed by atoms with Gasteiger partial charge in [0.25, 0.3) is 11.8 Å². The van der Waals surface area contributed by atoms with Crippen LogP contribution in [-0.4, -0.2) is 81.2 Å². The fraction of sp³-hybridized carbons (Fsp3) is 0.171. The SMILES string of the molecule is C=C(OC)c1ccc(C(=O)OC)c(N/N=C(/C(C)=O)C(=O)Nc2ccc(NC(=O)/C(=N\Nc3cc(C(=O)OC)ccc3C(=O)OC)C(C)=O)cc2Cl)c1. The molecule has 0 fully saturated rings. The molecule has 17 nitrogen and oxygen atoms in total. The molecule has 0 aromatic heterocycles. The zero-order valence-electron chi connectivity index (χ0n) is 29.2. The maximum atomic E-state index is 13.1. The van der Waals surface area contributed by atoms with Gasteiger partial charge in [-0.3, -0.25) is 30.0 Å². The number of anilines is 4. The Bertz CT molecular complexity index is 2080. The molecule has 0 bridgehead atoms. The van der Waals surface area contributed by atoms with E-state index in [0.717, 1.165) is 28.1 Å². The Morgan fingerprint density at radius 1 is 0.585 bits per heavy atom. The quantitative estimate of drug-likeness (QED) is 0.0425. The molecule has 0 radical (unpaired) electrons. The standard InChI is InChI=1S/C35H33ClN6O11/c1-17(43)29(41-40-28-15-21(33(47)51-5)9-12-24(28)35(49)53-7)31(45)37-22-10-13-26(25(36)16-22)38-32(46)30(18(2)44)42-39-27-14-20(19(3)50-4)8-11-23(27)34(48)52-6/h8-16,39-40H,3H2,1-2,4-7H3,(H,37,45)(H,38,46)/b41-29-,42-30-. The maximum Gasteiger partial charge on any atom is 0.340 e. The number of ether oxygens (including phenoxy) is 4. The van der Waals surface area contributed by atoms with Crippen LogP contribution in [0.3, 0.4) is 0 Å². The van der Waals surface area contributed by atoms with Crippen LogP contribution in [0.5, 0.6) is 0 Å². The summed E-state index contributed by atoms with van der Waals surface area (Å²) in [5.41, 5.74) is 4.39. The predicted molar refractivity (Wildman–Crippen MR) is 195 cm³/mol. The third-order valence-corrected chi connectivity index (χ3v) is 7.30. The Balaban J connectivity index is 1.83. The van der Waals surface area contributed by atoms with Crippen molar-refractivity contribution in [1.82, 2.24) is 0 Å². The number of hydrazone groups is 2. The summed E-state index contributed by atoms with van der Waals surface area (Å²) in [6.07, 6.45) is 0. The summed E-state index contributed by atoms with van der Waals surface area (Å²) in [6.45, 7) is 5.93. The van der Waals surface area contributed by atoms with Crippen molar-refractivity contribution >= 4 is 92.8 Å². The van der Waals surface area contributed by atoms with Crippen LogP contribution in [0, 0.1) is 0 Å². The second kappa shape index (κ2) is 18.4. The van der Waals surface area contributed by atoms with Gasteiger partial charge >= 0.3 is 17.9 Å². The minimum Gasteiger partial charge on any atom is -0.497 e. The van der Waals surface area contributed by atoms with Crippen LogP contribution < -0.4 is 21.5 Å². The van der Waals surface area contributed by atoms with Crippen LogP contribution >= 0.6 is 11.6 Å². The van der Waals surface area contributed by atoms with Crippen molar-refractivity contribution in [3.05, 3.63) is 88.5 Å². The van der Waals surface area contributed by atoms with Gasteiger partial charge in [-0.1, -0.05) is 24.2 Å². The van der Waals surface area contributed by atoms with Gasteiger partial charge < -0.3 is 29.6 Å². The average Bonchev–Trinajstić information content (AvgIpc) is 3.14. The molecule has 0 spiro atoms. The number of benzene rings is 3. The van der Waals surface area contributed by atoms with E-state index in [9.17, 15) is 33.6 Å². The Hall–Kier alpha value is -6.88. The monoisotopic (exact) mass is 748 g/mol. The van der Waals surface area contributed by atoms with Gasteiger partial charge in [-0.25, -0.2) is 14.4 Å². The molecule has 18 heteroatoms. The number of rotatable bonds is 15. The normalized spacial score (nSPS) is 11.0. The number of ketones is 2. The first-order valence-corrected chi connectivity index (χ1v) is 15.4. The Kier molecular flexibility index (Phi) is 14.1. The molecule has 53 heavy (non-hydrogen) atoms. The third-order valence-electron chi connectivity index (χ3n) is 6.99. The van der Waals surface area contributed by atoms with Crippen LogP contribution in [-0.2, 0) is 38.1 Å². The Labute approximate surface area is 307 Å². The van der Waals surface area contributed by atoms with E-state index in [1.807, 2.05) is 0 Å². The van der Waals surface area contributed by atoms with Crippen LogP contribution in [0.15, 0.2) is 71.4 Å². The molecule has 0 aliphatic carbocycles. The molecule has 0 saturated carbocycles. The number of carbonyl (C=O) groups is 7. The second-order valence-electron chi connectivity index (χ2n) is 10.5. The molecule has 0 saturated heterocycles. The van der Waals surface area contributed by atoms with Crippen molar-refractivity contribution in [2.75, 3.05) is 49.9 Å². The summed E-state index contributed by atoms with van der Waals surface area (Å²) in [5.74, 6) is -5.43. The second-order valence-corrected chi connectivity index (χ2v) is 10.9. The Morgan fingerprint density at radius 2 is 1.06 bits per heavy atom. The van der Waals surface area contributed by atoms with Gasteiger partial charge in [0.2, 0.25) is 0 Å². The van der Waals surface area contributed by atoms with Crippen LogP contribution in [0.4, 0.5) is 22.7 Å². The third kappa shape index (κ3) is 10.3. The molecule has 4 N–H and O–H groups in total. The zero-order valence-corrected chi connectivity index (χ0v) is 29.9. The molecule has 2 amide bonds. The highest BCUT2D eigenvalue weighted by Gasteiger charge is 2.22. The first kappa shape index (κ1) is 40.5. The lowest BCUT2D eigenvalue weighted by molar-refractivity contribution is -0.116. The van der Waals surface area contributed by atoms with Crippen molar-refractivity contribution < 1.29 is 52.5 Å². The highest BCUT2D eigenvalue weighted by Crippen LogP contribution is 2.27. The number of Topliss-reactive ketones (excluding diaryl/α,β-unsaturated/α-hetero) is 2. The van der Waals surface area contributed by atoms with Crippen molar-refractivity contribution in [3.63, 3.8) is 0 Å². The maximum absolute atomic E-state index is 13.1. The van der Waals surface area contributed by atoms with Gasteiger partial charge in [-0.05, 0) is 48.5 Å². The molecule has 0 aliphatic rings. The molecule has 0 unspecified atom stereocenters. The number of nitrogens with one attached hydrogen (secondary N) is 4. The number of hydrogen-bond donors (Lipinski definition) is 4. The summed E-state index contributed by atoms with van der Waals surface area (Å²) in [4.78, 5) is 87.6. The van der Waals surface area contributed by atoms with E-state index >= 15 is 0 Å². The lowest BCUT2D eigenvalue weighted by Crippen LogP contribution is -2.30. The van der Waals surface area contributed by atoms with Crippen LogP contribution in [0.1, 0.15) is 50.5 Å². The van der Waals surface area contributed by atoms with Gasteiger partial charge in [0.1, 0.15) is 5.76 Å². The summed E-state index contributed by atoms with van der Waals surface area (Å²) in [5, 5.41) is 12.6. The van der Waals surface area contributed by atoms with Crippen molar-refractivity contribution in [2.45, 2.75) is 13.8 Å². The first-order valence-electron chi connectivity index (χ1n) is 15.0. The van der Waals surface area contributed by atoms with E-state index in [0.29, 0.717) is 5.56 Å². The molecule has 0 aliphatic heterocycles. The fourth-order valence-electron chi connectivity index (χ4n) is 4.26. The molecule has 0 atom stereocenters. The number of esters is 3. The summed E-state index contributed by atoms with van der Waals surface area (Å²) >= 11 is 6.37. The van der Waals surface area contributed by atoms with E-state index in [4.69, 9.17) is 25.8 Å². The summed E-state index contributed by atoms with van der Waals surface area (Å²) < 4.78 is 19.3. The Morgan fingerprint density at radius 3 is 1.51 bits per heavy atom. The largest absolute Gasteiger partial charge is 0.497 e. The molecule has 3 aromatic rings. The smallest absolute Gasteiger partial charge is 0.340 e. The van der Waals surface area contributed by atoms with E-state index in [2.05, 4.69) is 43.0 Å². The number of carbonyl (C=O) groups excluding carboxylic acids is 7. The summed E-state index contributed by atoms with van der Waals surface area (Å²) in [7, 11) is 4.89. The minimum atomic E-state index is -0.983.